The summed E-state index contributed by atoms with van der Waals surface area (Å²) in [4.78, 5) is 18.9. The van der Waals surface area contributed by atoms with Gasteiger partial charge < -0.3 is 16.0 Å². The van der Waals surface area contributed by atoms with Crippen LogP contribution in [-0.2, 0) is 11.2 Å². The lowest BCUT2D eigenvalue weighted by molar-refractivity contribution is -0.117. The molecule has 1 atom stereocenters. The molecule has 0 bridgehead atoms. The number of anilines is 1. The first kappa shape index (κ1) is 23.6. The first-order valence-electron chi connectivity index (χ1n) is 10.7. The Morgan fingerprint density at radius 3 is 2.47 bits per heavy atom. The second-order valence-corrected chi connectivity index (χ2v) is 9.36. The third-order valence-corrected chi connectivity index (χ3v) is 7.04. The lowest BCUT2D eigenvalue weighted by atomic mass is 10.0. The smallest absolute Gasteiger partial charge is 0.235 e. The molecule has 1 aliphatic carbocycles. The number of hydrogen-bond donors (Lipinski definition) is 2. The number of benzene rings is 1. The Balaban J connectivity index is 1.99. The van der Waals surface area contributed by atoms with Crippen molar-refractivity contribution in [2.24, 2.45) is 5.73 Å². The highest BCUT2D eigenvalue weighted by molar-refractivity contribution is 8.00. The van der Waals surface area contributed by atoms with Gasteiger partial charge in [-0.1, -0.05) is 49.0 Å². The molecule has 0 saturated heterocycles. The Morgan fingerprint density at radius 2 is 1.94 bits per heavy atom. The van der Waals surface area contributed by atoms with E-state index in [1.165, 1.54) is 12.8 Å². The van der Waals surface area contributed by atoms with Gasteiger partial charge in [-0.2, -0.15) is 10.5 Å². The summed E-state index contributed by atoms with van der Waals surface area (Å²) < 4.78 is 0. The summed E-state index contributed by atoms with van der Waals surface area (Å²) in [6.45, 7) is 5.53. The Bertz CT molecular complexity index is 1070. The van der Waals surface area contributed by atoms with Crippen LogP contribution >= 0.6 is 11.8 Å². The van der Waals surface area contributed by atoms with Crippen molar-refractivity contribution in [2.75, 3.05) is 25.0 Å². The van der Waals surface area contributed by atoms with Gasteiger partial charge in [0, 0.05) is 25.7 Å². The monoisotopic (exact) mass is 448 g/mol. The molecule has 8 heteroatoms. The van der Waals surface area contributed by atoms with E-state index in [-0.39, 0.29) is 5.54 Å². The first-order chi connectivity index (χ1) is 15.3. The Labute approximate surface area is 193 Å². The zero-order valence-electron chi connectivity index (χ0n) is 18.7. The average molecular weight is 449 g/mol. The van der Waals surface area contributed by atoms with Gasteiger partial charge in [0.25, 0.3) is 0 Å². The van der Waals surface area contributed by atoms with E-state index in [4.69, 9.17) is 10.7 Å². The quantitative estimate of drug-likeness (QED) is 0.535. The summed E-state index contributed by atoms with van der Waals surface area (Å²) in [7, 11) is 1.89. The van der Waals surface area contributed by atoms with Crippen LogP contribution in [0.4, 0.5) is 5.82 Å². The normalized spacial score (nSPS) is 14.8. The van der Waals surface area contributed by atoms with Crippen molar-refractivity contribution in [3.05, 3.63) is 52.6 Å². The van der Waals surface area contributed by atoms with Crippen LogP contribution in [0, 0.1) is 22.7 Å². The van der Waals surface area contributed by atoms with Crippen molar-refractivity contribution < 1.29 is 4.79 Å². The summed E-state index contributed by atoms with van der Waals surface area (Å²) in [5.74, 6) is 0.0101. The lowest BCUT2D eigenvalue weighted by Gasteiger charge is -2.24. The molecule has 1 aromatic carbocycles. The number of aromatic nitrogens is 1. The molecule has 1 unspecified atom stereocenters. The van der Waals surface area contributed by atoms with Crippen LogP contribution in [0.25, 0.3) is 0 Å². The van der Waals surface area contributed by atoms with E-state index in [1.54, 1.807) is 0 Å². The Morgan fingerprint density at radius 1 is 1.28 bits per heavy atom. The van der Waals surface area contributed by atoms with E-state index in [9.17, 15) is 15.3 Å². The number of nitrogens with one attached hydrogen (secondary N) is 1. The highest BCUT2D eigenvalue weighted by Gasteiger charge is 2.36. The molecule has 1 fully saturated rings. The molecular weight excluding hydrogens is 420 g/mol. The van der Waals surface area contributed by atoms with Crippen LogP contribution in [0.3, 0.4) is 0 Å². The molecule has 0 aliphatic heterocycles. The number of carbonyl (C=O) groups excluding carboxylic acids is 1. The van der Waals surface area contributed by atoms with Gasteiger partial charge in [0.2, 0.25) is 5.91 Å². The minimum absolute atomic E-state index is 0.219. The van der Waals surface area contributed by atoms with E-state index >= 15 is 0 Å². The molecule has 0 radical (unpaired) electrons. The van der Waals surface area contributed by atoms with Crippen LogP contribution in [0.15, 0.2) is 35.4 Å². The molecule has 1 heterocycles. The minimum atomic E-state index is -0.692. The Kier molecular flexibility index (Phi) is 7.40. The number of primary amides is 1. The molecule has 1 amide bonds. The van der Waals surface area contributed by atoms with Gasteiger partial charge in [-0.3, -0.25) is 4.79 Å². The second-order valence-electron chi connectivity index (χ2n) is 8.27. The maximum atomic E-state index is 12.3. The maximum absolute atomic E-state index is 12.3. The highest BCUT2D eigenvalue weighted by Crippen LogP contribution is 2.39. The lowest BCUT2D eigenvalue weighted by Crippen LogP contribution is -2.36. The fourth-order valence-corrected chi connectivity index (χ4v) is 4.63. The van der Waals surface area contributed by atoms with Crippen LogP contribution in [0.1, 0.15) is 54.2 Å². The number of hydrogen-bond acceptors (Lipinski definition) is 7. The van der Waals surface area contributed by atoms with Gasteiger partial charge in [-0.25, -0.2) is 4.98 Å². The van der Waals surface area contributed by atoms with Crippen molar-refractivity contribution in [1.82, 2.24) is 10.3 Å². The molecule has 1 saturated carbocycles. The highest BCUT2D eigenvalue weighted by atomic mass is 32.2. The number of carbonyl (C=O) groups is 1. The molecule has 1 aromatic heterocycles. The summed E-state index contributed by atoms with van der Waals surface area (Å²) in [6, 6.07) is 13.7. The van der Waals surface area contributed by atoms with Gasteiger partial charge in [-0.15, -0.1) is 0 Å². The fraction of sp³-hybridized carbons (Fsp3) is 0.417. The Hall–Kier alpha value is -3.07. The van der Waals surface area contributed by atoms with Crippen molar-refractivity contribution in [2.45, 2.75) is 48.9 Å². The van der Waals surface area contributed by atoms with Crippen molar-refractivity contribution in [3.63, 3.8) is 0 Å². The van der Waals surface area contributed by atoms with Crippen LogP contribution in [0.2, 0.25) is 0 Å². The predicted octanol–water partition coefficient (Wildman–Crippen LogP) is 3.28. The third kappa shape index (κ3) is 5.21. The topological polar surface area (TPSA) is 119 Å². The molecular formula is C24H28N6OS. The number of rotatable bonds is 10. The molecule has 3 N–H and O–H groups in total. The standard InChI is InChI=1S/C24H28N6OS/c1-4-17-18(14-25)22(30(3)13-12-28-24(2)10-11-24)29-23(19(17)15-26)32-20(21(27)31)16-8-6-5-7-9-16/h5-9,20,28H,4,10-13H2,1-3H3,(H2,27,31). The third-order valence-electron chi connectivity index (χ3n) is 5.78. The molecule has 32 heavy (non-hydrogen) atoms. The van der Waals surface area contributed by atoms with Gasteiger partial charge in [-0.05, 0) is 37.3 Å². The van der Waals surface area contributed by atoms with E-state index in [2.05, 4.69) is 24.4 Å². The van der Waals surface area contributed by atoms with Crippen LogP contribution in [0.5, 0.6) is 0 Å². The van der Waals surface area contributed by atoms with Crippen molar-refractivity contribution in [3.8, 4) is 12.1 Å². The first-order valence-corrected chi connectivity index (χ1v) is 11.6. The minimum Gasteiger partial charge on any atom is -0.368 e. The van der Waals surface area contributed by atoms with Crippen molar-refractivity contribution >= 4 is 23.5 Å². The van der Waals surface area contributed by atoms with E-state index in [0.717, 1.165) is 23.9 Å². The number of amides is 1. The number of pyridine rings is 1. The fourth-order valence-electron chi connectivity index (χ4n) is 3.57. The van der Waals surface area contributed by atoms with E-state index in [1.807, 2.05) is 49.2 Å². The zero-order valence-corrected chi connectivity index (χ0v) is 19.5. The van der Waals surface area contributed by atoms with Crippen molar-refractivity contribution in [1.29, 1.82) is 10.5 Å². The molecule has 0 spiro atoms. The molecule has 7 nitrogen and oxygen atoms in total. The average Bonchev–Trinajstić information content (AvgIpc) is 3.53. The number of likely N-dealkylation sites (N-methyl/N-ethyl adjacent to an activating group) is 1. The molecule has 166 valence electrons. The van der Waals surface area contributed by atoms with Crippen LogP contribution < -0.4 is 16.0 Å². The van der Waals surface area contributed by atoms with E-state index < -0.39 is 11.2 Å². The van der Waals surface area contributed by atoms with Gasteiger partial charge in [0.1, 0.15) is 28.2 Å². The second kappa shape index (κ2) is 10.0. The predicted molar refractivity (Wildman–Crippen MR) is 126 cm³/mol. The molecule has 2 aromatic rings. The van der Waals surface area contributed by atoms with Gasteiger partial charge >= 0.3 is 0 Å². The SMILES string of the molecule is CCc1c(C#N)c(SC(C(N)=O)c2ccccc2)nc(N(C)CCNC2(C)CC2)c1C#N. The largest absolute Gasteiger partial charge is 0.368 e. The van der Waals surface area contributed by atoms with E-state index in [0.29, 0.717) is 40.5 Å². The van der Waals surface area contributed by atoms with Gasteiger partial charge in [0.05, 0.1) is 11.1 Å². The number of thioether (sulfide) groups is 1. The maximum Gasteiger partial charge on any atom is 0.235 e. The summed E-state index contributed by atoms with van der Waals surface area (Å²) in [5.41, 5.74) is 8.05. The summed E-state index contributed by atoms with van der Waals surface area (Å²) >= 11 is 1.16. The van der Waals surface area contributed by atoms with Crippen LogP contribution in [-0.4, -0.2) is 36.6 Å². The number of nitriles is 2. The molecule has 3 rings (SSSR count). The van der Waals surface area contributed by atoms with Gasteiger partial charge in [0.15, 0.2) is 0 Å². The molecule has 1 aliphatic rings. The number of nitrogens with two attached hydrogens (primary N) is 1. The zero-order chi connectivity index (χ0) is 23.3. The summed E-state index contributed by atoms with van der Waals surface area (Å²) in [5, 5.41) is 23.0. The summed E-state index contributed by atoms with van der Waals surface area (Å²) in [6.07, 6.45) is 2.85. The number of nitrogens with zero attached hydrogens (tertiary/aromatic N) is 4.